The van der Waals surface area contributed by atoms with E-state index in [1.165, 1.54) is 0 Å². The first-order valence-electron chi connectivity index (χ1n) is 6.68. The third-order valence-corrected chi connectivity index (χ3v) is 3.23. The Morgan fingerprint density at radius 2 is 2.35 bits per heavy atom. The number of carbonyl (C=O) groups excluding carboxylic acids is 1. The Hall–Kier alpha value is -0.610. The van der Waals surface area contributed by atoms with Gasteiger partial charge in [-0.2, -0.15) is 0 Å². The SMILES string of the molecule is CCCN(C(=O)CC(C)COC)C1CCNC1. The predicted molar refractivity (Wildman–Crippen MR) is 68.9 cm³/mol. The third kappa shape index (κ3) is 4.64. The summed E-state index contributed by atoms with van der Waals surface area (Å²) in [4.78, 5) is 14.3. The van der Waals surface area contributed by atoms with Crippen molar-refractivity contribution in [3.05, 3.63) is 0 Å². The monoisotopic (exact) mass is 242 g/mol. The molecule has 1 fully saturated rings. The molecule has 1 aliphatic rings. The zero-order valence-electron chi connectivity index (χ0n) is 11.4. The van der Waals surface area contributed by atoms with E-state index in [2.05, 4.69) is 24.1 Å². The molecular weight excluding hydrogens is 216 g/mol. The van der Waals surface area contributed by atoms with Crippen LogP contribution in [-0.2, 0) is 9.53 Å². The number of rotatable bonds is 7. The van der Waals surface area contributed by atoms with Gasteiger partial charge in [-0.25, -0.2) is 0 Å². The predicted octanol–water partition coefficient (Wildman–Crippen LogP) is 1.26. The fourth-order valence-electron chi connectivity index (χ4n) is 2.42. The van der Waals surface area contributed by atoms with E-state index >= 15 is 0 Å². The number of methoxy groups -OCH3 is 1. The Morgan fingerprint density at radius 3 is 2.88 bits per heavy atom. The second-order valence-electron chi connectivity index (χ2n) is 5.00. The Morgan fingerprint density at radius 1 is 1.59 bits per heavy atom. The van der Waals surface area contributed by atoms with Gasteiger partial charge in [0.05, 0.1) is 0 Å². The zero-order chi connectivity index (χ0) is 12.7. The first kappa shape index (κ1) is 14.5. The summed E-state index contributed by atoms with van der Waals surface area (Å²) in [5, 5.41) is 3.33. The Balaban J connectivity index is 2.47. The van der Waals surface area contributed by atoms with Crippen LogP contribution >= 0.6 is 0 Å². The van der Waals surface area contributed by atoms with Gasteiger partial charge in [-0.1, -0.05) is 13.8 Å². The van der Waals surface area contributed by atoms with Crippen LogP contribution in [0.4, 0.5) is 0 Å². The largest absolute Gasteiger partial charge is 0.384 e. The van der Waals surface area contributed by atoms with Crippen molar-refractivity contribution >= 4 is 5.91 Å². The van der Waals surface area contributed by atoms with Gasteiger partial charge >= 0.3 is 0 Å². The summed E-state index contributed by atoms with van der Waals surface area (Å²) in [6.07, 6.45) is 2.72. The molecule has 0 aromatic carbocycles. The Labute approximate surface area is 105 Å². The molecule has 1 aliphatic heterocycles. The summed E-state index contributed by atoms with van der Waals surface area (Å²) < 4.78 is 5.09. The maximum Gasteiger partial charge on any atom is 0.223 e. The highest BCUT2D eigenvalue weighted by Crippen LogP contribution is 2.14. The fraction of sp³-hybridized carbons (Fsp3) is 0.923. The van der Waals surface area contributed by atoms with E-state index in [9.17, 15) is 4.79 Å². The quantitative estimate of drug-likeness (QED) is 0.731. The zero-order valence-corrected chi connectivity index (χ0v) is 11.4. The van der Waals surface area contributed by atoms with Gasteiger partial charge in [0, 0.05) is 39.3 Å². The number of hydrogen-bond donors (Lipinski definition) is 1. The minimum Gasteiger partial charge on any atom is -0.384 e. The highest BCUT2D eigenvalue weighted by Gasteiger charge is 2.26. The van der Waals surface area contributed by atoms with Crippen molar-refractivity contribution < 1.29 is 9.53 Å². The second kappa shape index (κ2) is 7.67. The lowest BCUT2D eigenvalue weighted by Gasteiger charge is -2.29. The summed E-state index contributed by atoms with van der Waals surface area (Å²) in [7, 11) is 1.69. The lowest BCUT2D eigenvalue weighted by molar-refractivity contribution is -0.134. The van der Waals surface area contributed by atoms with Crippen LogP contribution in [-0.4, -0.2) is 50.2 Å². The summed E-state index contributed by atoms with van der Waals surface area (Å²) in [6, 6.07) is 0.400. The molecule has 100 valence electrons. The summed E-state index contributed by atoms with van der Waals surface area (Å²) in [5.41, 5.74) is 0. The maximum absolute atomic E-state index is 12.2. The van der Waals surface area contributed by atoms with Crippen LogP contribution in [0.1, 0.15) is 33.1 Å². The van der Waals surface area contributed by atoms with E-state index in [1.807, 2.05) is 0 Å². The molecule has 17 heavy (non-hydrogen) atoms. The van der Waals surface area contributed by atoms with Gasteiger partial charge < -0.3 is 15.0 Å². The van der Waals surface area contributed by atoms with Crippen LogP contribution in [0.5, 0.6) is 0 Å². The number of hydrogen-bond acceptors (Lipinski definition) is 3. The fourth-order valence-corrected chi connectivity index (χ4v) is 2.42. The van der Waals surface area contributed by atoms with Gasteiger partial charge in [0.1, 0.15) is 0 Å². The minimum atomic E-state index is 0.283. The van der Waals surface area contributed by atoms with E-state index in [-0.39, 0.29) is 5.91 Å². The van der Waals surface area contributed by atoms with Crippen LogP contribution in [0.2, 0.25) is 0 Å². The highest BCUT2D eigenvalue weighted by atomic mass is 16.5. The minimum absolute atomic E-state index is 0.283. The Kier molecular flexibility index (Phi) is 6.52. The second-order valence-corrected chi connectivity index (χ2v) is 5.00. The van der Waals surface area contributed by atoms with Gasteiger partial charge in [-0.15, -0.1) is 0 Å². The smallest absolute Gasteiger partial charge is 0.223 e. The lowest BCUT2D eigenvalue weighted by atomic mass is 10.1. The molecule has 2 unspecified atom stereocenters. The molecule has 0 spiro atoms. The first-order valence-corrected chi connectivity index (χ1v) is 6.68. The molecule has 0 bridgehead atoms. The van der Waals surface area contributed by atoms with Gasteiger partial charge in [-0.05, 0) is 25.3 Å². The van der Waals surface area contributed by atoms with E-state index < -0.39 is 0 Å². The van der Waals surface area contributed by atoms with Crippen LogP contribution in [0.3, 0.4) is 0 Å². The number of carbonyl (C=O) groups is 1. The van der Waals surface area contributed by atoms with Crippen molar-refractivity contribution in [1.29, 1.82) is 0 Å². The number of ether oxygens (including phenoxy) is 1. The molecule has 0 saturated carbocycles. The molecule has 2 atom stereocenters. The van der Waals surface area contributed by atoms with E-state index in [4.69, 9.17) is 4.74 Å². The van der Waals surface area contributed by atoms with Crippen molar-refractivity contribution in [2.75, 3.05) is 33.4 Å². The van der Waals surface area contributed by atoms with Crippen LogP contribution < -0.4 is 5.32 Å². The van der Waals surface area contributed by atoms with Crippen molar-refractivity contribution in [2.24, 2.45) is 5.92 Å². The molecule has 4 nitrogen and oxygen atoms in total. The van der Waals surface area contributed by atoms with E-state index in [1.54, 1.807) is 7.11 Å². The molecule has 0 aromatic heterocycles. The molecule has 1 rings (SSSR count). The van der Waals surface area contributed by atoms with Gasteiger partial charge in [0.2, 0.25) is 5.91 Å². The lowest BCUT2D eigenvalue weighted by Crippen LogP contribution is -2.42. The molecular formula is C13H26N2O2. The molecule has 0 aliphatic carbocycles. The van der Waals surface area contributed by atoms with Crippen molar-refractivity contribution in [3.8, 4) is 0 Å². The summed E-state index contributed by atoms with van der Waals surface area (Å²) in [5.74, 6) is 0.589. The van der Waals surface area contributed by atoms with Crippen molar-refractivity contribution in [3.63, 3.8) is 0 Å². The van der Waals surface area contributed by atoms with Crippen LogP contribution in [0, 0.1) is 5.92 Å². The summed E-state index contributed by atoms with van der Waals surface area (Å²) in [6.45, 7) is 7.72. The van der Waals surface area contributed by atoms with Crippen molar-refractivity contribution in [1.82, 2.24) is 10.2 Å². The van der Waals surface area contributed by atoms with Gasteiger partial charge in [0.15, 0.2) is 0 Å². The molecule has 1 amide bonds. The Bertz CT molecular complexity index is 227. The van der Waals surface area contributed by atoms with E-state index in [0.29, 0.717) is 25.0 Å². The molecule has 0 radical (unpaired) electrons. The average molecular weight is 242 g/mol. The number of nitrogens with zero attached hydrogens (tertiary/aromatic N) is 1. The number of amides is 1. The number of nitrogens with one attached hydrogen (secondary N) is 1. The van der Waals surface area contributed by atoms with Crippen LogP contribution in [0.25, 0.3) is 0 Å². The first-order chi connectivity index (χ1) is 8.19. The van der Waals surface area contributed by atoms with E-state index in [0.717, 1.165) is 32.5 Å². The molecule has 1 N–H and O–H groups in total. The maximum atomic E-state index is 12.2. The van der Waals surface area contributed by atoms with Gasteiger partial charge in [-0.3, -0.25) is 4.79 Å². The molecule has 4 heteroatoms. The van der Waals surface area contributed by atoms with Gasteiger partial charge in [0.25, 0.3) is 0 Å². The average Bonchev–Trinajstić information content (AvgIpc) is 2.79. The molecule has 1 saturated heterocycles. The standard InChI is InChI=1S/C13H26N2O2/c1-4-7-15(12-5-6-14-9-12)13(16)8-11(2)10-17-3/h11-12,14H,4-10H2,1-3H3. The topological polar surface area (TPSA) is 41.6 Å². The summed E-state index contributed by atoms with van der Waals surface area (Å²) >= 11 is 0. The molecule has 1 heterocycles. The molecule has 0 aromatic rings. The van der Waals surface area contributed by atoms with Crippen LogP contribution in [0.15, 0.2) is 0 Å². The third-order valence-electron chi connectivity index (χ3n) is 3.23. The normalized spacial score (nSPS) is 21.5. The highest BCUT2D eigenvalue weighted by molar-refractivity contribution is 5.76. The van der Waals surface area contributed by atoms with Crippen molar-refractivity contribution in [2.45, 2.75) is 39.2 Å².